The van der Waals surface area contributed by atoms with Crippen LogP contribution in [0.5, 0.6) is 0 Å². The van der Waals surface area contributed by atoms with Gasteiger partial charge in [0.1, 0.15) is 5.52 Å². The van der Waals surface area contributed by atoms with Gasteiger partial charge in [-0.25, -0.2) is 0 Å². The molecule has 0 saturated carbocycles. The highest BCUT2D eigenvalue weighted by molar-refractivity contribution is 6.08. The lowest BCUT2D eigenvalue weighted by atomic mass is 10.1. The van der Waals surface area contributed by atoms with Crippen LogP contribution < -0.4 is 5.56 Å². The van der Waals surface area contributed by atoms with Crippen LogP contribution >= 0.6 is 0 Å². The Bertz CT molecular complexity index is 1060. The zero-order valence-electron chi connectivity index (χ0n) is 12.4. The fraction of sp³-hybridized carbons (Fsp3) is 0.111. The van der Waals surface area contributed by atoms with Gasteiger partial charge in [-0.1, -0.05) is 36.4 Å². The van der Waals surface area contributed by atoms with E-state index in [1.807, 2.05) is 73.1 Å². The summed E-state index contributed by atoms with van der Waals surface area (Å²) in [7, 11) is 1.93. The zero-order chi connectivity index (χ0) is 15.3. The number of aryl methyl sites for hydroxylation is 2. The van der Waals surface area contributed by atoms with Crippen molar-refractivity contribution >= 4 is 21.8 Å². The first-order chi connectivity index (χ1) is 10.7. The Hall–Kier alpha value is -2.88. The molecule has 4 nitrogen and oxygen atoms in total. The molecule has 4 rings (SSSR count). The number of nitrogens with zero attached hydrogens (tertiary/aromatic N) is 3. The summed E-state index contributed by atoms with van der Waals surface area (Å²) in [6.07, 6.45) is 0. The van der Waals surface area contributed by atoms with E-state index >= 15 is 0 Å². The molecule has 0 aliphatic rings. The molecule has 22 heavy (non-hydrogen) atoms. The van der Waals surface area contributed by atoms with Crippen LogP contribution in [-0.4, -0.2) is 14.3 Å². The predicted octanol–water partition coefficient (Wildman–Crippen LogP) is 3.19. The quantitative estimate of drug-likeness (QED) is 0.540. The molecule has 0 amide bonds. The molecule has 4 aromatic rings. The summed E-state index contributed by atoms with van der Waals surface area (Å²) in [6.45, 7) is 1.95. The minimum absolute atomic E-state index is 0.0921. The molecular weight excluding hydrogens is 274 g/mol. The lowest BCUT2D eigenvalue weighted by molar-refractivity contribution is 0.793. The van der Waals surface area contributed by atoms with Crippen molar-refractivity contribution in [1.29, 1.82) is 0 Å². The summed E-state index contributed by atoms with van der Waals surface area (Å²) in [4.78, 5) is 13.0. The van der Waals surface area contributed by atoms with Crippen molar-refractivity contribution in [3.8, 4) is 5.69 Å². The molecule has 4 heteroatoms. The van der Waals surface area contributed by atoms with E-state index in [0.29, 0.717) is 5.52 Å². The van der Waals surface area contributed by atoms with Gasteiger partial charge in [0.2, 0.25) is 0 Å². The number of hydrogen-bond acceptors (Lipinski definition) is 2. The summed E-state index contributed by atoms with van der Waals surface area (Å²) in [5.74, 6) is 0. The molecule has 2 aromatic carbocycles. The zero-order valence-corrected chi connectivity index (χ0v) is 12.4. The highest BCUT2D eigenvalue weighted by Gasteiger charge is 2.16. The van der Waals surface area contributed by atoms with E-state index in [1.54, 1.807) is 0 Å². The van der Waals surface area contributed by atoms with Gasteiger partial charge in [-0.3, -0.25) is 4.79 Å². The second-order valence-corrected chi connectivity index (χ2v) is 5.44. The van der Waals surface area contributed by atoms with E-state index in [4.69, 9.17) is 0 Å². The molecule has 0 N–H and O–H groups in total. The van der Waals surface area contributed by atoms with E-state index in [9.17, 15) is 4.79 Å². The van der Waals surface area contributed by atoms with Gasteiger partial charge >= 0.3 is 0 Å². The molecule has 0 saturated heterocycles. The topological polar surface area (TPSA) is 39.8 Å². The number of fused-ring (bicyclic) bond motifs is 3. The van der Waals surface area contributed by atoms with Crippen LogP contribution in [0.4, 0.5) is 0 Å². The Morgan fingerprint density at radius 1 is 0.955 bits per heavy atom. The van der Waals surface area contributed by atoms with E-state index in [1.165, 1.54) is 4.68 Å². The van der Waals surface area contributed by atoms with Crippen LogP contribution in [0.15, 0.2) is 59.4 Å². The number of rotatable bonds is 1. The summed E-state index contributed by atoms with van der Waals surface area (Å²) in [6, 6.07) is 17.6. The Kier molecular flexibility index (Phi) is 2.66. The second kappa shape index (κ2) is 4.56. The van der Waals surface area contributed by atoms with E-state index in [-0.39, 0.29) is 5.56 Å². The third kappa shape index (κ3) is 1.64. The predicted molar refractivity (Wildman–Crippen MR) is 88.6 cm³/mol. The number of benzene rings is 2. The molecule has 0 bridgehead atoms. The van der Waals surface area contributed by atoms with E-state index < -0.39 is 0 Å². The average Bonchev–Trinajstić information content (AvgIpc) is 2.86. The summed E-state index contributed by atoms with van der Waals surface area (Å²) in [5, 5.41) is 6.54. The molecule has 0 atom stereocenters. The van der Waals surface area contributed by atoms with Crippen molar-refractivity contribution in [2.75, 3.05) is 0 Å². The van der Waals surface area contributed by atoms with E-state index in [0.717, 1.165) is 27.7 Å². The minimum Gasteiger partial charge on any atom is -0.339 e. The second-order valence-electron chi connectivity index (χ2n) is 5.44. The van der Waals surface area contributed by atoms with Crippen LogP contribution in [0.2, 0.25) is 0 Å². The lowest BCUT2D eigenvalue weighted by Crippen LogP contribution is -2.23. The normalized spacial score (nSPS) is 11.4. The maximum atomic E-state index is 13.0. The van der Waals surface area contributed by atoms with Gasteiger partial charge in [-0.15, -0.1) is 0 Å². The molecule has 2 heterocycles. The van der Waals surface area contributed by atoms with Crippen LogP contribution in [0, 0.1) is 6.92 Å². The van der Waals surface area contributed by atoms with Gasteiger partial charge < -0.3 is 4.57 Å². The molecule has 108 valence electrons. The lowest BCUT2D eigenvalue weighted by Gasteiger charge is -2.07. The van der Waals surface area contributed by atoms with Crippen LogP contribution in [0.3, 0.4) is 0 Å². The molecule has 0 radical (unpaired) electrons. The molecule has 0 aliphatic heterocycles. The summed E-state index contributed by atoms with van der Waals surface area (Å²) in [5.41, 5.74) is 3.28. The van der Waals surface area contributed by atoms with Crippen molar-refractivity contribution in [3.63, 3.8) is 0 Å². The van der Waals surface area contributed by atoms with Crippen molar-refractivity contribution in [1.82, 2.24) is 14.3 Å². The summed E-state index contributed by atoms with van der Waals surface area (Å²) >= 11 is 0. The van der Waals surface area contributed by atoms with Gasteiger partial charge in [0.15, 0.2) is 0 Å². The first-order valence-electron chi connectivity index (χ1n) is 7.21. The molecule has 0 fully saturated rings. The van der Waals surface area contributed by atoms with Crippen molar-refractivity contribution in [2.45, 2.75) is 6.92 Å². The van der Waals surface area contributed by atoms with E-state index in [2.05, 4.69) is 5.10 Å². The Morgan fingerprint density at radius 2 is 1.64 bits per heavy atom. The smallest absolute Gasteiger partial charge is 0.296 e. The van der Waals surface area contributed by atoms with Crippen molar-refractivity contribution < 1.29 is 0 Å². The molecule has 0 aliphatic carbocycles. The van der Waals surface area contributed by atoms with Gasteiger partial charge in [0.05, 0.1) is 11.4 Å². The van der Waals surface area contributed by atoms with Gasteiger partial charge in [-0.2, -0.15) is 9.78 Å². The first kappa shape index (κ1) is 12.8. The SMILES string of the molecule is Cc1nn(-c2ccccc2)c(=O)c2c1c1ccccc1n2C. The maximum Gasteiger partial charge on any atom is 0.296 e. The monoisotopic (exact) mass is 289 g/mol. The highest BCUT2D eigenvalue weighted by Crippen LogP contribution is 2.27. The van der Waals surface area contributed by atoms with Gasteiger partial charge in [0.25, 0.3) is 5.56 Å². The Labute approximate surface area is 127 Å². The fourth-order valence-corrected chi connectivity index (χ4v) is 3.10. The maximum absolute atomic E-state index is 13.0. The van der Waals surface area contributed by atoms with Crippen LogP contribution in [0.1, 0.15) is 5.69 Å². The largest absolute Gasteiger partial charge is 0.339 e. The van der Waals surface area contributed by atoms with Crippen molar-refractivity contribution in [3.05, 3.63) is 70.6 Å². The summed E-state index contributed by atoms with van der Waals surface area (Å²) < 4.78 is 3.44. The Morgan fingerprint density at radius 3 is 2.41 bits per heavy atom. The third-order valence-corrected chi connectivity index (χ3v) is 4.11. The van der Waals surface area contributed by atoms with Crippen LogP contribution in [-0.2, 0) is 7.05 Å². The van der Waals surface area contributed by atoms with Gasteiger partial charge in [0, 0.05) is 23.3 Å². The Balaban J connectivity index is 2.21. The molecule has 0 spiro atoms. The average molecular weight is 289 g/mol. The first-order valence-corrected chi connectivity index (χ1v) is 7.21. The standard InChI is InChI=1S/C18H15N3O/c1-12-16-14-10-6-7-11-15(14)20(2)17(16)18(22)21(19-12)13-8-4-3-5-9-13/h3-11H,1-2H3. The number of aromatic nitrogens is 3. The highest BCUT2D eigenvalue weighted by atomic mass is 16.1. The number of para-hydroxylation sites is 2. The minimum atomic E-state index is -0.0921. The molecule has 0 unspecified atom stereocenters. The van der Waals surface area contributed by atoms with Crippen LogP contribution in [0.25, 0.3) is 27.5 Å². The fourth-order valence-electron chi connectivity index (χ4n) is 3.10. The van der Waals surface area contributed by atoms with Gasteiger partial charge in [-0.05, 0) is 25.1 Å². The van der Waals surface area contributed by atoms with Crippen molar-refractivity contribution in [2.24, 2.45) is 7.05 Å². The third-order valence-electron chi connectivity index (χ3n) is 4.11. The molecule has 2 aromatic heterocycles. The molecular formula is C18H15N3O. The number of hydrogen-bond donors (Lipinski definition) is 0.